The average molecular weight is 356 g/mol. The standard InChI is InChI=1S/C15H20N2O6S/c1-10(2)8-16-15(20)17-13(18)9-23-14(19)11-4-6-12(7-5-11)24(3,21)22/h4-7,10H,8-9H2,1-3H3,(H2,16,17,18,20). The fraction of sp³-hybridized carbons (Fsp3) is 0.400. The van der Waals surface area contributed by atoms with Crippen molar-refractivity contribution >= 4 is 27.7 Å². The smallest absolute Gasteiger partial charge is 0.338 e. The molecule has 0 unspecified atom stereocenters. The molecule has 0 atom stereocenters. The van der Waals surface area contributed by atoms with Crippen molar-refractivity contribution in [3.05, 3.63) is 29.8 Å². The van der Waals surface area contributed by atoms with Gasteiger partial charge in [-0.05, 0) is 30.2 Å². The number of carbonyl (C=O) groups excluding carboxylic acids is 3. The number of ether oxygens (including phenoxy) is 1. The first kappa shape index (κ1) is 19.6. The van der Waals surface area contributed by atoms with Gasteiger partial charge in [-0.2, -0.15) is 0 Å². The number of carbonyl (C=O) groups is 3. The number of rotatable bonds is 6. The molecule has 0 bridgehead atoms. The van der Waals surface area contributed by atoms with Crippen LogP contribution < -0.4 is 10.6 Å². The molecule has 2 N–H and O–H groups in total. The van der Waals surface area contributed by atoms with Gasteiger partial charge in [-0.1, -0.05) is 13.8 Å². The van der Waals surface area contributed by atoms with E-state index in [1.807, 2.05) is 19.2 Å². The normalized spacial score (nSPS) is 11.0. The van der Waals surface area contributed by atoms with E-state index in [4.69, 9.17) is 4.74 Å². The summed E-state index contributed by atoms with van der Waals surface area (Å²) in [7, 11) is -3.36. The molecule has 9 heteroatoms. The Morgan fingerprint density at radius 1 is 1.12 bits per heavy atom. The minimum atomic E-state index is -3.36. The Bertz CT molecular complexity index is 710. The maximum absolute atomic E-state index is 11.8. The zero-order valence-corrected chi connectivity index (χ0v) is 14.5. The quantitative estimate of drug-likeness (QED) is 0.725. The van der Waals surface area contributed by atoms with Crippen LogP contribution in [0, 0.1) is 5.92 Å². The maximum Gasteiger partial charge on any atom is 0.338 e. The van der Waals surface area contributed by atoms with Gasteiger partial charge in [0.1, 0.15) is 0 Å². The Balaban J connectivity index is 2.48. The van der Waals surface area contributed by atoms with Crippen molar-refractivity contribution in [1.29, 1.82) is 0 Å². The Hall–Kier alpha value is -2.42. The summed E-state index contributed by atoms with van der Waals surface area (Å²) in [6.07, 6.45) is 1.05. The second-order valence-corrected chi connectivity index (χ2v) is 7.54. The molecule has 0 radical (unpaired) electrons. The molecule has 24 heavy (non-hydrogen) atoms. The second-order valence-electron chi connectivity index (χ2n) is 5.52. The number of sulfone groups is 1. The highest BCUT2D eigenvalue weighted by molar-refractivity contribution is 7.90. The van der Waals surface area contributed by atoms with Crippen LogP contribution in [0.15, 0.2) is 29.2 Å². The molecule has 0 aliphatic rings. The van der Waals surface area contributed by atoms with Gasteiger partial charge in [0.15, 0.2) is 16.4 Å². The molecule has 0 aliphatic heterocycles. The second kappa shape index (κ2) is 8.44. The summed E-state index contributed by atoms with van der Waals surface area (Å²) < 4.78 is 27.4. The van der Waals surface area contributed by atoms with Gasteiger partial charge in [0.2, 0.25) is 0 Å². The van der Waals surface area contributed by atoms with E-state index in [0.29, 0.717) is 6.54 Å². The highest BCUT2D eigenvalue weighted by Crippen LogP contribution is 2.11. The van der Waals surface area contributed by atoms with E-state index in [1.165, 1.54) is 24.3 Å². The topological polar surface area (TPSA) is 119 Å². The van der Waals surface area contributed by atoms with E-state index in [1.54, 1.807) is 0 Å². The Morgan fingerprint density at radius 3 is 2.21 bits per heavy atom. The molecule has 0 saturated heterocycles. The van der Waals surface area contributed by atoms with Crippen molar-refractivity contribution in [3.63, 3.8) is 0 Å². The van der Waals surface area contributed by atoms with Gasteiger partial charge < -0.3 is 10.1 Å². The van der Waals surface area contributed by atoms with Crippen LogP contribution in [-0.4, -0.2) is 45.7 Å². The lowest BCUT2D eigenvalue weighted by atomic mass is 10.2. The number of hydrogen-bond donors (Lipinski definition) is 2. The van der Waals surface area contributed by atoms with Crippen LogP contribution in [0.1, 0.15) is 24.2 Å². The van der Waals surface area contributed by atoms with Gasteiger partial charge in [-0.25, -0.2) is 18.0 Å². The third-order valence-corrected chi connectivity index (χ3v) is 3.90. The summed E-state index contributed by atoms with van der Waals surface area (Å²) in [5.74, 6) is -1.33. The number of hydrogen-bond acceptors (Lipinski definition) is 6. The van der Waals surface area contributed by atoms with Crippen LogP contribution in [0.4, 0.5) is 4.79 Å². The first-order chi connectivity index (χ1) is 11.1. The highest BCUT2D eigenvalue weighted by atomic mass is 32.2. The Kier molecular flexibility index (Phi) is 6.90. The van der Waals surface area contributed by atoms with E-state index in [2.05, 4.69) is 5.32 Å². The molecule has 0 saturated carbocycles. The first-order valence-electron chi connectivity index (χ1n) is 7.14. The van der Waals surface area contributed by atoms with Gasteiger partial charge in [-0.3, -0.25) is 10.1 Å². The van der Waals surface area contributed by atoms with Crippen LogP contribution in [0.2, 0.25) is 0 Å². The molecule has 1 aromatic rings. The van der Waals surface area contributed by atoms with Gasteiger partial charge in [0, 0.05) is 12.8 Å². The molecule has 0 spiro atoms. The van der Waals surface area contributed by atoms with Crippen molar-refractivity contribution in [2.75, 3.05) is 19.4 Å². The highest BCUT2D eigenvalue weighted by Gasteiger charge is 2.14. The molecule has 8 nitrogen and oxygen atoms in total. The monoisotopic (exact) mass is 356 g/mol. The van der Waals surface area contributed by atoms with Crippen LogP contribution in [0.25, 0.3) is 0 Å². The van der Waals surface area contributed by atoms with Crippen LogP contribution in [0.3, 0.4) is 0 Å². The minimum Gasteiger partial charge on any atom is -0.452 e. The van der Waals surface area contributed by atoms with Crippen molar-refractivity contribution in [3.8, 4) is 0 Å². The van der Waals surface area contributed by atoms with E-state index in [-0.39, 0.29) is 16.4 Å². The fourth-order valence-corrected chi connectivity index (χ4v) is 2.19. The van der Waals surface area contributed by atoms with Gasteiger partial charge in [-0.15, -0.1) is 0 Å². The summed E-state index contributed by atoms with van der Waals surface area (Å²) in [5, 5.41) is 4.51. The molecule has 0 aliphatic carbocycles. The Morgan fingerprint density at radius 2 is 1.71 bits per heavy atom. The maximum atomic E-state index is 11.8. The number of imide groups is 1. The number of benzene rings is 1. The lowest BCUT2D eigenvalue weighted by Crippen LogP contribution is -2.42. The van der Waals surface area contributed by atoms with E-state index >= 15 is 0 Å². The van der Waals surface area contributed by atoms with E-state index in [0.717, 1.165) is 6.26 Å². The van der Waals surface area contributed by atoms with Crippen LogP contribution in [0.5, 0.6) is 0 Å². The lowest BCUT2D eigenvalue weighted by Gasteiger charge is -2.09. The number of urea groups is 1. The summed E-state index contributed by atoms with van der Waals surface area (Å²) in [4.78, 5) is 34.7. The molecule has 1 aromatic carbocycles. The van der Waals surface area contributed by atoms with Crippen molar-refractivity contribution in [1.82, 2.24) is 10.6 Å². The molecule has 0 fully saturated rings. The van der Waals surface area contributed by atoms with Gasteiger partial charge >= 0.3 is 12.0 Å². The molecule has 1 rings (SSSR count). The zero-order valence-electron chi connectivity index (χ0n) is 13.7. The fourth-order valence-electron chi connectivity index (χ4n) is 1.56. The van der Waals surface area contributed by atoms with Gasteiger partial charge in [0.05, 0.1) is 10.5 Å². The largest absolute Gasteiger partial charge is 0.452 e. The molecule has 3 amide bonds. The molecule has 0 heterocycles. The predicted octanol–water partition coefficient (Wildman–Crippen LogP) is 0.729. The molecule has 0 aromatic heterocycles. The number of amides is 3. The average Bonchev–Trinajstić information content (AvgIpc) is 2.50. The Labute approximate surface area is 140 Å². The molecule has 132 valence electrons. The van der Waals surface area contributed by atoms with Crippen LogP contribution in [-0.2, 0) is 19.4 Å². The number of esters is 1. The minimum absolute atomic E-state index is 0.0682. The summed E-state index contributed by atoms with van der Waals surface area (Å²) in [6, 6.07) is 4.44. The van der Waals surface area contributed by atoms with Crippen LogP contribution >= 0.6 is 0 Å². The van der Waals surface area contributed by atoms with Crippen molar-refractivity contribution in [2.45, 2.75) is 18.7 Å². The summed E-state index contributed by atoms with van der Waals surface area (Å²) >= 11 is 0. The SMILES string of the molecule is CC(C)CNC(=O)NC(=O)COC(=O)c1ccc(S(C)(=O)=O)cc1. The molecular weight excluding hydrogens is 336 g/mol. The van der Waals surface area contributed by atoms with Crippen molar-refractivity contribution < 1.29 is 27.5 Å². The van der Waals surface area contributed by atoms with E-state index in [9.17, 15) is 22.8 Å². The lowest BCUT2D eigenvalue weighted by molar-refractivity contribution is -0.123. The summed E-state index contributed by atoms with van der Waals surface area (Å²) in [5.41, 5.74) is 0.0967. The zero-order chi connectivity index (χ0) is 18.3. The molecular formula is C15H20N2O6S. The number of nitrogens with one attached hydrogen (secondary N) is 2. The third kappa shape index (κ3) is 6.78. The van der Waals surface area contributed by atoms with Crippen molar-refractivity contribution in [2.24, 2.45) is 5.92 Å². The van der Waals surface area contributed by atoms with Gasteiger partial charge in [0.25, 0.3) is 5.91 Å². The first-order valence-corrected chi connectivity index (χ1v) is 9.03. The van der Waals surface area contributed by atoms with E-state index < -0.39 is 34.4 Å². The summed E-state index contributed by atoms with van der Waals surface area (Å²) in [6.45, 7) is 3.59. The third-order valence-electron chi connectivity index (χ3n) is 2.78. The predicted molar refractivity (Wildman–Crippen MR) is 86.2 cm³/mol.